The molecule has 0 aromatic heterocycles. The van der Waals surface area contributed by atoms with Crippen molar-refractivity contribution in [2.45, 2.75) is 18.9 Å². The van der Waals surface area contributed by atoms with Gasteiger partial charge in [0.25, 0.3) is 5.91 Å². The van der Waals surface area contributed by atoms with Crippen molar-refractivity contribution in [3.63, 3.8) is 0 Å². The van der Waals surface area contributed by atoms with Crippen LogP contribution in [-0.2, 0) is 9.59 Å². The highest BCUT2D eigenvalue weighted by atomic mass is 19.1. The first-order valence-corrected chi connectivity index (χ1v) is 8.81. The van der Waals surface area contributed by atoms with Gasteiger partial charge in [0.1, 0.15) is 5.82 Å². The minimum absolute atomic E-state index is 0.157. The van der Waals surface area contributed by atoms with Gasteiger partial charge in [-0.25, -0.2) is 9.29 Å². The van der Waals surface area contributed by atoms with Gasteiger partial charge in [-0.05, 0) is 50.8 Å². The molecule has 0 bridgehead atoms. The highest BCUT2D eigenvalue weighted by Crippen LogP contribution is 2.23. The minimum Gasteiger partial charge on any atom is -0.305 e. The van der Waals surface area contributed by atoms with Crippen LogP contribution in [0.2, 0.25) is 0 Å². The molecule has 7 heteroatoms. The molecule has 2 aliphatic heterocycles. The number of likely N-dealkylation sites (N-methyl/N-ethyl adjacent to an activating group) is 1. The zero-order chi connectivity index (χ0) is 17.8. The second-order valence-electron chi connectivity index (χ2n) is 6.75. The molecule has 2 amide bonds. The molecule has 1 aromatic rings. The SMILES string of the molecule is CN1CCN(CCCN[C@@H]2CC(=O)N(c3ccc(F)cc3)C2=O)CC1. The Bertz CT molecular complexity index is 614. The summed E-state index contributed by atoms with van der Waals surface area (Å²) in [5.41, 5.74) is 0.429. The van der Waals surface area contributed by atoms with E-state index in [4.69, 9.17) is 0 Å². The predicted octanol–water partition coefficient (Wildman–Crippen LogP) is 0.685. The largest absolute Gasteiger partial charge is 0.305 e. The Morgan fingerprint density at radius 1 is 1.12 bits per heavy atom. The fourth-order valence-electron chi connectivity index (χ4n) is 3.30. The van der Waals surface area contributed by atoms with Gasteiger partial charge >= 0.3 is 0 Å². The Morgan fingerprint density at radius 3 is 2.48 bits per heavy atom. The zero-order valence-electron chi connectivity index (χ0n) is 14.6. The van der Waals surface area contributed by atoms with Crippen LogP contribution in [0.1, 0.15) is 12.8 Å². The molecule has 136 valence electrons. The summed E-state index contributed by atoms with van der Waals surface area (Å²) in [5.74, 6) is -0.884. The molecule has 0 aliphatic carbocycles. The van der Waals surface area contributed by atoms with Crippen LogP contribution in [-0.4, -0.2) is 74.0 Å². The smallest absolute Gasteiger partial charge is 0.251 e. The minimum atomic E-state index is -0.481. The number of halogens is 1. The Labute approximate surface area is 147 Å². The summed E-state index contributed by atoms with van der Waals surface area (Å²) in [7, 11) is 2.13. The quantitative estimate of drug-likeness (QED) is 0.605. The van der Waals surface area contributed by atoms with Gasteiger partial charge in [-0.2, -0.15) is 0 Å². The number of rotatable bonds is 6. The first-order valence-electron chi connectivity index (χ1n) is 8.81. The molecule has 1 atom stereocenters. The number of piperazine rings is 1. The lowest BCUT2D eigenvalue weighted by Gasteiger charge is -2.32. The van der Waals surface area contributed by atoms with Crippen molar-refractivity contribution in [2.24, 2.45) is 0 Å². The fraction of sp³-hybridized carbons (Fsp3) is 0.556. The summed E-state index contributed by atoms with van der Waals surface area (Å²) < 4.78 is 13.0. The highest BCUT2D eigenvalue weighted by Gasteiger charge is 2.39. The van der Waals surface area contributed by atoms with Gasteiger partial charge in [0.2, 0.25) is 5.91 Å². The Morgan fingerprint density at radius 2 is 1.80 bits per heavy atom. The number of anilines is 1. The molecule has 6 nitrogen and oxygen atoms in total. The molecule has 2 aliphatic rings. The van der Waals surface area contributed by atoms with E-state index in [0.29, 0.717) is 12.2 Å². The van der Waals surface area contributed by atoms with E-state index in [1.54, 1.807) is 0 Å². The number of carbonyl (C=O) groups is 2. The van der Waals surface area contributed by atoms with E-state index < -0.39 is 6.04 Å². The van der Waals surface area contributed by atoms with Gasteiger partial charge < -0.3 is 15.1 Å². The second kappa shape index (κ2) is 8.03. The van der Waals surface area contributed by atoms with Crippen LogP contribution in [0.5, 0.6) is 0 Å². The molecule has 2 fully saturated rings. The molecule has 0 spiro atoms. The number of benzene rings is 1. The van der Waals surface area contributed by atoms with Gasteiger partial charge in [-0.15, -0.1) is 0 Å². The van der Waals surface area contributed by atoms with Crippen LogP contribution in [0.4, 0.5) is 10.1 Å². The number of nitrogens with zero attached hydrogens (tertiary/aromatic N) is 3. The topological polar surface area (TPSA) is 55.9 Å². The van der Waals surface area contributed by atoms with Crippen LogP contribution in [0.15, 0.2) is 24.3 Å². The summed E-state index contributed by atoms with van der Waals surface area (Å²) in [6.07, 6.45) is 1.10. The third-order valence-electron chi connectivity index (χ3n) is 4.87. The molecule has 2 saturated heterocycles. The second-order valence-corrected chi connectivity index (χ2v) is 6.75. The van der Waals surface area contributed by atoms with Crippen LogP contribution in [0, 0.1) is 5.82 Å². The third kappa shape index (κ3) is 4.42. The lowest BCUT2D eigenvalue weighted by molar-refractivity contribution is -0.121. The van der Waals surface area contributed by atoms with Crippen molar-refractivity contribution < 1.29 is 14.0 Å². The average Bonchev–Trinajstić information content (AvgIpc) is 2.88. The number of amides is 2. The molecule has 1 N–H and O–H groups in total. The van der Waals surface area contributed by atoms with Gasteiger partial charge in [-0.3, -0.25) is 9.59 Å². The van der Waals surface area contributed by atoms with Crippen LogP contribution in [0.3, 0.4) is 0 Å². The van der Waals surface area contributed by atoms with E-state index in [-0.39, 0.29) is 24.1 Å². The number of hydrogen-bond donors (Lipinski definition) is 1. The zero-order valence-corrected chi connectivity index (χ0v) is 14.6. The lowest BCUT2D eigenvalue weighted by Crippen LogP contribution is -2.45. The van der Waals surface area contributed by atoms with Crippen molar-refractivity contribution >= 4 is 17.5 Å². The Hall–Kier alpha value is -1.83. The van der Waals surface area contributed by atoms with E-state index in [2.05, 4.69) is 22.2 Å². The van der Waals surface area contributed by atoms with E-state index >= 15 is 0 Å². The van der Waals surface area contributed by atoms with Crippen molar-refractivity contribution in [2.75, 3.05) is 51.2 Å². The highest BCUT2D eigenvalue weighted by molar-refractivity contribution is 6.22. The molecule has 1 aromatic carbocycles. The predicted molar refractivity (Wildman–Crippen MR) is 93.9 cm³/mol. The van der Waals surface area contributed by atoms with E-state index in [1.807, 2.05) is 0 Å². The molecule has 2 heterocycles. The number of hydrogen-bond acceptors (Lipinski definition) is 5. The maximum absolute atomic E-state index is 13.0. The van der Waals surface area contributed by atoms with Crippen LogP contribution < -0.4 is 10.2 Å². The fourth-order valence-corrected chi connectivity index (χ4v) is 3.30. The monoisotopic (exact) mass is 348 g/mol. The third-order valence-corrected chi connectivity index (χ3v) is 4.87. The van der Waals surface area contributed by atoms with Gasteiger partial charge in [0.05, 0.1) is 18.2 Å². The summed E-state index contributed by atoms with van der Waals surface area (Å²) in [6.45, 7) is 6.04. The summed E-state index contributed by atoms with van der Waals surface area (Å²) in [6, 6.07) is 4.95. The molecule has 0 unspecified atom stereocenters. The molecule has 3 rings (SSSR count). The summed E-state index contributed by atoms with van der Waals surface area (Å²) in [4.78, 5) is 30.5. The lowest BCUT2D eigenvalue weighted by atomic mass is 10.2. The molecular weight excluding hydrogens is 323 g/mol. The van der Waals surface area contributed by atoms with Gasteiger partial charge in [0.15, 0.2) is 0 Å². The van der Waals surface area contributed by atoms with Crippen molar-refractivity contribution in [3.8, 4) is 0 Å². The maximum atomic E-state index is 13.0. The normalized spacial score (nSPS) is 22.8. The summed E-state index contributed by atoms with van der Waals surface area (Å²) in [5, 5.41) is 3.20. The van der Waals surface area contributed by atoms with Crippen molar-refractivity contribution in [1.82, 2.24) is 15.1 Å². The van der Waals surface area contributed by atoms with E-state index in [1.165, 1.54) is 24.3 Å². The molecule has 0 saturated carbocycles. The molecule has 0 radical (unpaired) electrons. The van der Waals surface area contributed by atoms with Gasteiger partial charge in [0, 0.05) is 26.2 Å². The van der Waals surface area contributed by atoms with E-state index in [0.717, 1.165) is 44.0 Å². The average molecular weight is 348 g/mol. The first kappa shape index (κ1) is 18.0. The Kier molecular flexibility index (Phi) is 5.78. The summed E-state index contributed by atoms with van der Waals surface area (Å²) >= 11 is 0. The standard InChI is InChI=1S/C18H25FN4O2/c1-21-9-11-22(12-10-21)8-2-7-20-16-13-17(24)23(18(16)25)15-5-3-14(19)4-6-15/h3-6,16,20H,2,7-13H2,1H3/t16-/m1/s1. The van der Waals surface area contributed by atoms with Crippen LogP contribution >= 0.6 is 0 Å². The van der Waals surface area contributed by atoms with Crippen molar-refractivity contribution in [1.29, 1.82) is 0 Å². The van der Waals surface area contributed by atoms with Crippen LogP contribution in [0.25, 0.3) is 0 Å². The maximum Gasteiger partial charge on any atom is 0.251 e. The van der Waals surface area contributed by atoms with Crippen molar-refractivity contribution in [3.05, 3.63) is 30.1 Å². The molecule has 25 heavy (non-hydrogen) atoms. The number of imide groups is 1. The van der Waals surface area contributed by atoms with Gasteiger partial charge in [-0.1, -0.05) is 0 Å². The molecular formula is C18H25FN4O2. The number of carbonyl (C=O) groups excluding carboxylic acids is 2. The number of nitrogens with one attached hydrogen (secondary N) is 1. The Balaban J connectivity index is 1.45. The van der Waals surface area contributed by atoms with E-state index in [9.17, 15) is 14.0 Å². The first-order chi connectivity index (χ1) is 12.0.